The SMILES string of the molecule is COc1ccc(C)cc1S(=O)(=O)NCCn1c(=O)n(C)c2ccccc21. The van der Waals surface area contributed by atoms with Gasteiger partial charge in [-0.25, -0.2) is 17.9 Å². The molecule has 7 nitrogen and oxygen atoms in total. The molecule has 0 atom stereocenters. The van der Waals surface area contributed by atoms with Crippen molar-refractivity contribution in [1.29, 1.82) is 0 Å². The average Bonchev–Trinajstić information content (AvgIpc) is 2.87. The molecule has 1 N–H and O–H groups in total. The molecule has 2 aromatic carbocycles. The molecule has 0 fully saturated rings. The van der Waals surface area contributed by atoms with Crippen molar-refractivity contribution in [3.8, 4) is 5.75 Å². The number of hydrogen-bond donors (Lipinski definition) is 1. The lowest BCUT2D eigenvalue weighted by Gasteiger charge is -2.12. The summed E-state index contributed by atoms with van der Waals surface area (Å²) in [7, 11) is -0.625. The molecule has 0 aliphatic rings. The maximum atomic E-state index is 12.6. The number of methoxy groups -OCH3 is 1. The minimum Gasteiger partial charge on any atom is -0.495 e. The highest BCUT2D eigenvalue weighted by atomic mass is 32.2. The van der Waals surface area contributed by atoms with Crippen molar-refractivity contribution in [1.82, 2.24) is 13.9 Å². The van der Waals surface area contributed by atoms with Gasteiger partial charge in [-0.3, -0.25) is 9.13 Å². The molecule has 3 aromatic rings. The van der Waals surface area contributed by atoms with Gasteiger partial charge in [0, 0.05) is 20.1 Å². The van der Waals surface area contributed by atoms with E-state index >= 15 is 0 Å². The summed E-state index contributed by atoms with van der Waals surface area (Å²) in [4.78, 5) is 12.5. The fourth-order valence-electron chi connectivity index (χ4n) is 2.94. The summed E-state index contributed by atoms with van der Waals surface area (Å²) in [6.07, 6.45) is 0. The van der Waals surface area contributed by atoms with Crippen molar-refractivity contribution in [3.05, 3.63) is 58.5 Å². The maximum absolute atomic E-state index is 12.6. The number of nitrogens with one attached hydrogen (secondary N) is 1. The lowest BCUT2D eigenvalue weighted by molar-refractivity contribution is 0.402. The number of benzene rings is 2. The normalized spacial score (nSPS) is 11.8. The summed E-state index contributed by atoms with van der Waals surface area (Å²) in [5.41, 5.74) is 2.21. The third kappa shape index (κ3) is 3.25. The summed E-state index contributed by atoms with van der Waals surface area (Å²) in [6, 6.07) is 12.4. The van der Waals surface area contributed by atoms with Crippen molar-refractivity contribution in [3.63, 3.8) is 0 Å². The van der Waals surface area contributed by atoms with Crippen LogP contribution in [0.5, 0.6) is 5.75 Å². The Kier molecular flexibility index (Phi) is 4.88. The average molecular weight is 375 g/mol. The Labute approximate surface area is 151 Å². The first-order chi connectivity index (χ1) is 12.3. The molecule has 0 saturated carbocycles. The van der Waals surface area contributed by atoms with E-state index in [1.54, 1.807) is 34.4 Å². The van der Waals surface area contributed by atoms with Gasteiger partial charge in [-0.1, -0.05) is 18.2 Å². The van der Waals surface area contributed by atoms with Gasteiger partial charge in [0.1, 0.15) is 10.6 Å². The zero-order chi connectivity index (χ0) is 18.9. The quantitative estimate of drug-likeness (QED) is 0.710. The van der Waals surface area contributed by atoms with Gasteiger partial charge >= 0.3 is 5.69 Å². The molecule has 3 rings (SSSR count). The number of imidazole rings is 1. The molecule has 0 spiro atoms. The summed E-state index contributed by atoms with van der Waals surface area (Å²) < 4.78 is 36.1. The van der Waals surface area contributed by atoms with Gasteiger partial charge in [-0.15, -0.1) is 0 Å². The Balaban J connectivity index is 1.84. The van der Waals surface area contributed by atoms with E-state index < -0.39 is 10.0 Å². The van der Waals surface area contributed by atoms with Crippen molar-refractivity contribution in [2.75, 3.05) is 13.7 Å². The molecular weight excluding hydrogens is 354 g/mol. The van der Waals surface area contributed by atoms with Crippen molar-refractivity contribution < 1.29 is 13.2 Å². The van der Waals surface area contributed by atoms with Crippen LogP contribution < -0.4 is 15.1 Å². The highest BCUT2D eigenvalue weighted by Crippen LogP contribution is 2.24. The van der Waals surface area contributed by atoms with Gasteiger partial charge in [-0.05, 0) is 36.8 Å². The van der Waals surface area contributed by atoms with Gasteiger partial charge in [0.15, 0.2) is 0 Å². The molecule has 0 aliphatic carbocycles. The zero-order valence-corrected chi connectivity index (χ0v) is 15.7. The van der Waals surface area contributed by atoms with Crippen molar-refractivity contribution >= 4 is 21.1 Å². The standard InChI is InChI=1S/C18H21N3O4S/c1-13-8-9-16(25-3)17(12-13)26(23,24)19-10-11-21-15-7-5-4-6-14(15)20(2)18(21)22/h4-9,12,19H,10-11H2,1-3H3. The van der Waals surface area contributed by atoms with Crippen LogP contribution >= 0.6 is 0 Å². The number of hydrogen-bond acceptors (Lipinski definition) is 4. The van der Waals surface area contributed by atoms with Crippen LogP contribution in [0.2, 0.25) is 0 Å². The number of aromatic nitrogens is 2. The fraction of sp³-hybridized carbons (Fsp3) is 0.278. The van der Waals surface area contributed by atoms with Crippen LogP contribution in [-0.4, -0.2) is 31.2 Å². The second kappa shape index (κ2) is 6.97. The molecule has 0 bridgehead atoms. The summed E-state index contributed by atoms with van der Waals surface area (Å²) in [5, 5.41) is 0. The molecule has 8 heteroatoms. The molecule has 138 valence electrons. The molecule has 0 unspecified atom stereocenters. The highest BCUT2D eigenvalue weighted by molar-refractivity contribution is 7.89. The number of nitrogens with zero attached hydrogens (tertiary/aromatic N) is 2. The number of rotatable bonds is 6. The highest BCUT2D eigenvalue weighted by Gasteiger charge is 2.19. The van der Waals surface area contributed by atoms with Gasteiger partial charge in [0.2, 0.25) is 10.0 Å². The van der Waals surface area contributed by atoms with Crippen LogP contribution in [0, 0.1) is 6.92 Å². The van der Waals surface area contributed by atoms with E-state index in [4.69, 9.17) is 4.74 Å². The van der Waals surface area contributed by atoms with Crippen LogP contribution in [0.1, 0.15) is 5.56 Å². The van der Waals surface area contributed by atoms with Gasteiger partial charge in [-0.2, -0.15) is 0 Å². The Bertz CT molecular complexity index is 1110. The van der Waals surface area contributed by atoms with E-state index in [2.05, 4.69) is 4.72 Å². The lowest BCUT2D eigenvalue weighted by atomic mass is 10.2. The summed E-state index contributed by atoms with van der Waals surface area (Å²) >= 11 is 0. The molecule has 1 heterocycles. The van der Waals surface area contributed by atoms with Crippen molar-refractivity contribution in [2.45, 2.75) is 18.4 Å². The second-order valence-electron chi connectivity index (χ2n) is 6.03. The number of sulfonamides is 1. The van der Waals surface area contributed by atoms with E-state index in [-0.39, 0.29) is 29.4 Å². The molecule has 26 heavy (non-hydrogen) atoms. The summed E-state index contributed by atoms with van der Waals surface area (Å²) in [5.74, 6) is 0.283. The first-order valence-electron chi connectivity index (χ1n) is 8.13. The van der Waals surface area contributed by atoms with E-state index in [1.165, 1.54) is 7.11 Å². The van der Waals surface area contributed by atoms with Crippen LogP contribution in [0.4, 0.5) is 0 Å². The Morgan fingerprint density at radius 1 is 1.12 bits per heavy atom. The van der Waals surface area contributed by atoms with E-state index in [0.29, 0.717) is 0 Å². The smallest absolute Gasteiger partial charge is 0.328 e. The van der Waals surface area contributed by atoms with Crippen LogP contribution in [-0.2, 0) is 23.6 Å². The predicted octanol–water partition coefficient (Wildman–Crippen LogP) is 1.64. The Morgan fingerprint density at radius 3 is 2.50 bits per heavy atom. The topological polar surface area (TPSA) is 82.3 Å². The third-order valence-corrected chi connectivity index (χ3v) is 5.77. The van der Waals surface area contributed by atoms with Gasteiger partial charge in [0.25, 0.3) is 0 Å². The van der Waals surface area contributed by atoms with Crippen molar-refractivity contribution in [2.24, 2.45) is 7.05 Å². The van der Waals surface area contributed by atoms with Gasteiger partial charge in [0.05, 0.1) is 18.1 Å². The Hall–Kier alpha value is -2.58. The molecule has 0 saturated heterocycles. The second-order valence-corrected chi connectivity index (χ2v) is 7.77. The first kappa shape index (κ1) is 18.2. The number of para-hydroxylation sites is 2. The fourth-order valence-corrected chi connectivity index (χ4v) is 4.22. The van der Waals surface area contributed by atoms with Crippen LogP contribution in [0.15, 0.2) is 52.2 Å². The number of aryl methyl sites for hydroxylation is 2. The monoisotopic (exact) mass is 375 g/mol. The van der Waals surface area contributed by atoms with Gasteiger partial charge < -0.3 is 4.74 Å². The minimum absolute atomic E-state index is 0.0882. The predicted molar refractivity (Wildman–Crippen MR) is 100 cm³/mol. The molecule has 0 amide bonds. The van der Waals surface area contributed by atoms with E-state index in [0.717, 1.165) is 16.6 Å². The maximum Gasteiger partial charge on any atom is 0.328 e. The molecule has 0 radical (unpaired) electrons. The zero-order valence-electron chi connectivity index (χ0n) is 14.9. The Morgan fingerprint density at radius 2 is 1.81 bits per heavy atom. The van der Waals surface area contributed by atoms with E-state index in [9.17, 15) is 13.2 Å². The lowest BCUT2D eigenvalue weighted by Crippen LogP contribution is -2.31. The summed E-state index contributed by atoms with van der Waals surface area (Å²) in [6.45, 7) is 2.13. The minimum atomic E-state index is -3.75. The van der Waals surface area contributed by atoms with Crippen LogP contribution in [0.25, 0.3) is 11.0 Å². The first-order valence-corrected chi connectivity index (χ1v) is 9.62. The third-order valence-electron chi connectivity index (χ3n) is 4.29. The number of fused-ring (bicyclic) bond motifs is 1. The number of ether oxygens (including phenoxy) is 1. The molecule has 0 aliphatic heterocycles. The van der Waals surface area contributed by atoms with E-state index in [1.807, 2.05) is 31.2 Å². The molecule has 1 aromatic heterocycles. The van der Waals surface area contributed by atoms with Crippen LogP contribution in [0.3, 0.4) is 0 Å². The largest absolute Gasteiger partial charge is 0.495 e. The molecular formula is C18H21N3O4S.